The zero-order chi connectivity index (χ0) is 17.1. The molecule has 1 saturated heterocycles. The molecule has 1 atom stereocenters. The summed E-state index contributed by atoms with van der Waals surface area (Å²) in [6, 6.07) is 9.80. The Kier molecular flexibility index (Phi) is 5.19. The van der Waals surface area contributed by atoms with Crippen molar-refractivity contribution >= 4 is 33.2 Å². The van der Waals surface area contributed by atoms with Crippen LogP contribution in [0.15, 0.2) is 41.0 Å². The molecule has 1 aromatic heterocycles. The summed E-state index contributed by atoms with van der Waals surface area (Å²) in [5.74, 6) is 0.608. The van der Waals surface area contributed by atoms with Gasteiger partial charge in [-0.05, 0) is 61.6 Å². The minimum absolute atomic E-state index is 0.0348. The number of anilines is 2. The third-order valence-electron chi connectivity index (χ3n) is 4.37. The fourth-order valence-electron chi connectivity index (χ4n) is 3.02. The van der Waals surface area contributed by atoms with Crippen molar-refractivity contribution < 1.29 is 4.79 Å². The number of nitrogens with zero attached hydrogens (tertiary/aromatic N) is 2. The molecule has 4 nitrogen and oxygen atoms in total. The number of aromatic nitrogens is 1. The molecule has 5 heteroatoms. The molecule has 0 spiro atoms. The minimum atomic E-state index is 0.0348. The number of benzene rings is 1. The molecule has 1 N–H and O–H groups in total. The predicted molar refractivity (Wildman–Crippen MR) is 101 cm³/mol. The number of likely N-dealkylation sites (tertiary alicyclic amines) is 1. The van der Waals surface area contributed by atoms with Crippen LogP contribution in [0.1, 0.15) is 35.8 Å². The Labute approximate surface area is 151 Å². The van der Waals surface area contributed by atoms with Crippen LogP contribution in [-0.4, -0.2) is 28.9 Å². The first-order valence-corrected chi connectivity index (χ1v) is 9.11. The Morgan fingerprint density at radius 3 is 2.75 bits per heavy atom. The van der Waals surface area contributed by atoms with Gasteiger partial charge in [0, 0.05) is 23.2 Å². The van der Waals surface area contributed by atoms with Crippen LogP contribution < -0.4 is 5.32 Å². The van der Waals surface area contributed by atoms with Gasteiger partial charge in [-0.3, -0.25) is 4.79 Å². The first-order valence-electron chi connectivity index (χ1n) is 8.31. The van der Waals surface area contributed by atoms with Gasteiger partial charge in [0.15, 0.2) is 0 Å². The number of nitrogens with one attached hydrogen (secondary N) is 1. The van der Waals surface area contributed by atoms with E-state index in [9.17, 15) is 4.79 Å². The van der Waals surface area contributed by atoms with Crippen LogP contribution in [0, 0.1) is 12.8 Å². The van der Waals surface area contributed by atoms with Gasteiger partial charge < -0.3 is 10.2 Å². The van der Waals surface area contributed by atoms with Gasteiger partial charge >= 0.3 is 0 Å². The van der Waals surface area contributed by atoms with E-state index in [-0.39, 0.29) is 5.91 Å². The molecule has 24 heavy (non-hydrogen) atoms. The smallest absolute Gasteiger partial charge is 0.272 e. The lowest BCUT2D eigenvalue weighted by Gasteiger charge is -2.30. The number of aryl methyl sites for hydroxylation is 1. The van der Waals surface area contributed by atoms with Crippen LogP contribution in [0.5, 0.6) is 0 Å². The fraction of sp³-hybridized carbons (Fsp3) is 0.368. The average molecular weight is 388 g/mol. The molecule has 0 bridgehead atoms. The number of pyridine rings is 1. The molecular weight excluding hydrogens is 366 g/mol. The Morgan fingerprint density at radius 2 is 2.08 bits per heavy atom. The van der Waals surface area contributed by atoms with Gasteiger partial charge in [-0.15, -0.1) is 0 Å². The van der Waals surface area contributed by atoms with Crippen molar-refractivity contribution in [2.75, 3.05) is 18.4 Å². The number of rotatable bonds is 3. The monoisotopic (exact) mass is 387 g/mol. The fourth-order valence-corrected chi connectivity index (χ4v) is 3.27. The Hall–Kier alpha value is -1.88. The molecule has 0 radical (unpaired) electrons. The largest absolute Gasteiger partial charge is 0.354 e. The van der Waals surface area contributed by atoms with Crippen LogP contribution in [-0.2, 0) is 0 Å². The van der Waals surface area contributed by atoms with Crippen molar-refractivity contribution in [3.05, 3.63) is 52.3 Å². The van der Waals surface area contributed by atoms with E-state index >= 15 is 0 Å². The van der Waals surface area contributed by atoms with Crippen LogP contribution in [0.4, 0.5) is 11.4 Å². The summed E-state index contributed by atoms with van der Waals surface area (Å²) in [5, 5.41) is 3.32. The SMILES string of the molecule is Cc1cc(Nc2ccc(C(=O)N3CCCC(C)C3)nc2)ccc1Br. The Bertz CT molecular complexity index is 730. The van der Waals surface area contributed by atoms with Crippen LogP contribution in [0.25, 0.3) is 0 Å². The molecule has 1 aliphatic rings. The van der Waals surface area contributed by atoms with Crippen LogP contribution in [0.2, 0.25) is 0 Å². The van der Waals surface area contributed by atoms with Crippen molar-refractivity contribution in [1.82, 2.24) is 9.88 Å². The quantitative estimate of drug-likeness (QED) is 0.824. The number of carbonyl (C=O) groups is 1. The third kappa shape index (κ3) is 3.96. The van der Waals surface area contributed by atoms with E-state index in [0.717, 1.165) is 35.4 Å². The highest BCUT2D eigenvalue weighted by Crippen LogP contribution is 2.23. The maximum Gasteiger partial charge on any atom is 0.272 e. The number of piperidine rings is 1. The molecule has 2 aromatic rings. The number of carbonyl (C=O) groups excluding carboxylic acids is 1. The molecule has 1 fully saturated rings. The lowest BCUT2D eigenvalue weighted by Crippen LogP contribution is -2.39. The highest BCUT2D eigenvalue weighted by molar-refractivity contribution is 9.10. The van der Waals surface area contributed by atoms with Gasteiger partial charge in [-0.25, -0.2) is 4.98 Å². The van der Waals surface area contributed by atoms with Gasteiger partial charge in [0.1, 0.15) is 5.69 Å². The highest BCUT2D eigenvalue weighted by atomic mass is 79.9. The minimum Gasteiger partial charge on any atom is -0.354 e. The van der Waals surface area contributed by atoms with Crippen molar-refractivity contribution in [3.63, 3.8) is 0 Å². The first-order chi connectivity index (χ1) is 11.5. The van der Waals surface area contributed by atoms with E-state index < -0.39 is 0 Å². The molecule has 126 valence electrons. The van der Waals surface area contributed by atoms with Gasteiger partial charge in [-0.1, -0.05) is 22.9 Å². The van der Waals surface area contributed by atoms with E-state index in [1.165, 1.54) is 12.0 Å². The van der Waals surface area contributed by atoms with Gasteiger partial charge in [0.2, 0.25) is 0 Å². The standard InChI is InChI=1S/C19H22BrN3O/c1-13-4-3-9-23(12-13)19(24)18-8-6-16(11-21-18)22-15-5-7-17(20)14(2)10-15/h5-8,10-11,13,22H,3-4,9,12H2,1-2H3. The van der Waals surface area contributed by atoms with E-state index in [2.05, 4.69) is 46.1 Å². The number of amides is 1. The second-order valence-corrected chi connectivity index (χ2v) is 7.37. The van der Waals surface area contributed by atoms with E-state index in [1.807, 2.05) is 23.1 Å². The molecule has 0 aliphatic carbocycles. The zero-order valence-electron chi connectivity index (χ0n) is 14.1. The number of halogens is 1. The van der Waals surface area contributed by atoms with E-state index in [0.29, 0.717) is 11.6 Å². The van der Waals surface area contributed by atoms with Gasteiger partial charge in [-0.2, -0.15) is 0 Å². The molecule has 0 saturated carbocycles. The average Bonchev–Trinajstić information content (AvgIpc) is 2.58. The second kappa shape index (κ2) is 7.34. The summed E-state index contributed by atoms with van der Waals surface area (Å²) >= 11 is 3.50. The normalized spacial score (nSPS) is 17.6. The number of hydrogen-bond donors (Lipinski definition) is 1. The summed E-state index contributed by atoms with van der Waals surface area (Å²) in [4.78, 5) is 18.8. The van der Waals surface area contributed by atoms with E-state index in [4.69, 9.17) is 0 Å². The molecular formula is C19H22BrN3O. The molecule has 1 aliphatic heterocycles. The highest BCUT2D eigenvalue weighted by Gasteiger charge is 2.22. The van der Waals surface area contributed by atoms with Crippen LogP contribution in [0.3, 0.4) is 0 Å². The molecule has 1 aromatic carbocycles. The van der Waals surface area contributed by atoms with Gasteiger partial charge in [0.25, 0.3) is 5.91 Å². The van der Waals surface area contributed by atoms with Crippen molar-refractivity contribution in [1.29, 1.82) is 0 Å². The first kappa shape index (κ1) is 17.0. The summed E-state index contributed by atoms with van der Waals surface area (Å²) in [7, 11) is 0. The molecule has 1 unspecified atom stereocenters. The van der Waals surface area contributed by atoms with Crippen molar-refractivity contribution in [3.8, 4) is 0 Å². The van der Waals surface area contributed by atoms with Gasteiger partial charge in [0.05, 0.1) is 11.9 Å². The molecule has 3 rings (SSSR count). The molecule has 1 amide bonds. The van der Waals surface area contributed by atoms with Crippen LogP contribution >= 0.6 is 15.9 Å². The van der Waals surface area contributed by atoms with Crippen molar-refractivity contribution in [2.45, 2.75) is 26.7 Å². The number of hydrogen-bond acceptors (Lipinski definition) is 3. The van der Waals surface area contributed by atoms with E-state index in [1.54, 1.807) is 12.3 Å². The lowest BCUT2D eigenvalue weighted by atomic mass is 10.00. The maximum atomic E-state index is 12.5. The summed E-state index contributed by atoms with van der Waals surface area (Å²) in [5.41, 5.74) is 3.56. The zero-order valence-corrected chi connectivity index (χ0v) is 15.6. The third-order valence-corrected chi connectivity index (χ3v) is 5.26. The summed E-state index contributed by atoms with van der Waals surface area (Å²) < 4.78 is 1.09. The summed E-state index contributed by atoms with van der Waals surface area (Å²) in [6.07, 6.45) is 4.00. The summed E-state index contributed by atoms with van der Waals surface area (Å²) in [6.45, 7) is 5.91. The topological polar surface area (TPSA) is 45.2 Å². The Balaban J connectivity index is 1.68. The Morgan fingerprint density at radius 1 is 1.29 bits per heavy atom. The molecule has 2 heterocycles. The van der Waals surface area contributed by atoms with Crippen molar-refractivity contribution in [2.24, 2.45) is 5.92 Å². The lowest BCUT2D eigenvalue weighted by molar-refractivity contribution is 0.0677. The maximum absolute atomic E-state index is 12.5. The second-order valence-electron chi connectivity index (χ2n) is 6.52. The predicted octanol–water partition coefficient (Wildman–Crippen LogP) is 4.77.